The fourth-order valence-electron chi connectivity index (χ4n) is 3.63. The molecule has 0 aromatic heterocycles. The fraction of sp³-hybridized carbons (Fsp3) is 0.294. The number of hydrogen-bond donors (Lipinski definition) is 2. The van der Waals surface area contributed by atoms with Crippen molar-refractivity contribution in [1.29, 1.82) is 0 Å². The molecule has 2 N–H and O–H groups in total. The molecule has 0 bridgehead atoms. The Morgan fingerprint density at radius 3 is 2.95 bits per heavy atom. The lowest BCUT2D eigenvalue weighted by molar-refractivity contribution is 0.373. The van der Waals surface area contributed by atoms with Crippen molar-refractivity contribution in [3.8, 4) is 22.6 Å². The molecule has 0 saturated heterocycles. The molecule has 0 radical (unpaired) electrons. The molecule has 108 valence electrons. The van der Waals surface area contributed by atoms with Gasteiger partial charge in [-0.2, -0.15) is 0 Å². The standard InChI is InChI=1S/C17H16BrNO2/c1-21-14-3-2-9-7-13-15-10(4-5-19-13)6-11(18)8-12(15)16(9)17(14)20/h2-3,6,8,13,19-20H,4-5,7H2,1H3/t13-/m1/s1. The van der Waals surface area contributed by atoms with Gasteiger partial charge in [-0.3, -0.25) is 0 Å². The van der Waals surface area contributed by atoms with Gasteiger partial charge in [-0.1, -0.05) is 22.0 Å². The van der Waals surface area contributed by atoms with Gasteiger partial charge in [0.15, 0.2) is 11.5 Å². The molecule has 0 saturated carbocycles. The largest absolute Gasteiger partial charge is 0.504 e. The first kappa shape index (κ1) is 13.2. The van der Waals surface area contributed by atoms with Crippen LogP contribution in [0.25, 0.3) is 11.1 Å². The van der Waals surface area contributed by atoms with E-state index < -0.39 is 0 Å². The third-order valence-corrected chi connectivity index (χ3v) is 4.96. The fourth-order valence-corrected chi connectivity index (χ4v) is 4.13. The van der Waals surface area contributed by atoms with Crippen LogP contribution in [-0.2, 0) is 12.8 Å². The van der Waals surface area contributed by atoms with E-state index in [2.05, 4.69) is 39.4 Å². The van der Waals surface area contributed by atoms with Crippen LogP contribution in [0.2, 0.25) is 0 Å². The number of nitrogens with one attached hydrogen (secondary N) is 1. The summed E-state index contributed by atoms with van der Waals surface area (Å²) in [6, 6.07) is 8.57. The van der Waals surface area contributed by atoms with Gasteiger partial charge in [-0.15, -0.1) is 0 Å². The van der Waals surface area contributed by atoms with Gasteiger partial charge in [-0.25, -0.2) is 0 Å². The summed E-state index contributed by atoms with van der Waals surface area (Å²) in [5.41, 5.74) is 5.92. The molecule has 1 aliphatic carbocycles. The lowest BCUT2D eigenvalue weighted by Gasteiger charge is -2.35. The molecule has 21 heavy (non-hydrogen) atoms. The van der Waals surface area contributed by atoms with Crippen molar-refractivity contribution in [2.75, 3.05) is 13.7 Å². The third kappa shape index (κ3) is 1.89. The van der Waals surface area contributed by atoms with Crippen LogP contribution in [0.15, 0.2) is 28.7 Å². The van der Waals surface area contributed by atoms with E-state index in [0.717, 1.165) is 35.0 Å². The minimum atomic E-state index is 0.249. The lowest BCUT2D eigenvalue weighted by atomic mass is 9.77. The summed E-state index contributed by atoms with van der Waals surface area (Å²) >= 11 is 3.60. The number of aromatic hydroxyl groups is 1. The minimum Gasteiger partial charge on any atom is -0.504 e. The van der Waals surface area contributed by atoms with E-state index in [4.69, 9.17) is 4.74 Å². The van der Waals surface area contributed by atoms with Gasteiger partial charge in [0.1, 0.15) is 0 Å². The van der Waals surface area contributed by atoms with Crippen molar-refractivity contribution in [3.63, 3.8) is 0 Å². The zero-order valence-electron chi connectivity index (χ0n) is 11.7. The van der Waals surface area contributed by atoms with Crippen LogP contribution >= 0.6 is 15.9 Å². The Morgan fingerprint density at radius 1 is 1.29 bits per heavy atom. The molecule has 2 aliphatic rings. The second kappa shape index (κ2) is 4.75. The molecule has 2 aromatic carbocycles. The molecule has 1 heterocycles. The first-order valence-electron chi connectivity index (χ1n) is 7.14. The summed E-state index contributed by atoms with van der Waals surface area (Å²) in [6.07, 6.45) is 1.94. The number of phenols is 1. The molecule has 0 amide bonds. The first-order valence-corrected chi connectivity index (χ1v) is 7.93. The predicted octanol–water partition coefficient (Wildman–Crippen LogP) is 3.57. The zero-order valence-corrected chi connectivity index (χ0v) is 13.3. The monoisotopic (exact) mass is 345 g/mol. The van der Waals surface area contributed by atoms with Crippen LogP contribution in [0.1, 0.15) is 22.7 Å². The Bertz CT molecular complexity index is 742. The van der Waals surface area contributed by atoms with Crippen molar-refractivity contribution in [2.45, 2.75) is 18.9 Å². The van der Waals surface area contributed by atoms with Gasteiger partial charge in [-0.05, 0) is 59.8 Å². The number of ether oxygens (including phenoxy) is 1. The number of halogens is 1. The van der Waals surface area contributed by atoms with Gasteiger partial charge in [0.05, 0.1) is 7.11 Å². The molecular formula is C17H16BrNO2. The van der Waals surface area contributed by atoms with Crippen LogP contribution in [0, 0.1) is 0 Å². The van der Waals surface area contributed by atoms with Crippen LogP contribution in [-0.4, -0.2) is 18.8 Å². The van der Waals surface area contributed by atoms with Crippen molar-refractivity contribution in [2.24, 2.45) is 0 Å². The number of phenolic OH excluding ortho intramolecular Hbond substituents is 1. The summed E-state index contributed by atoms with van der Waals surface area (Å²) in [7, 11) is 1.59. The van der Waals surface area contributed by atoms with Crippen LogP contribution in [0.4, 0.5) is 0 Å². The average Bonchev–Trinajstić information content (AvgIpc) is 2.47. The van der Waals surface area contributed by atoms with E-state index in [9.17, 15) is 5.11 Å². The maximum atomic E-state index is 10.6. The van der Waals surface area contributed by atoms with E-state index in [1.807, 2.05) is 6.07 Å². The van der Waals surface area contributed by atoms with E-state index in [0.29, 0.717) is 11.8 Å². The SMILES string of the molecule is COc1ccc2c(c1O)-c1cc(Br)cc3c1[C@@H](C2)NCC3. The minimum absolute atomic E-state index is 0.249. The molecule has 1 aliphatic heterocycles. The van der Waals surface area contributed by atoms with E-state index in [-0.39, 0.29) is 5.75 Å². The van der Waals surface area contributed by atoms with E-state index in [1.54, 1.807) is 7.11 Å². The highest BCUT2D eigenvalue weighted by molar-refractivity contribution is 9.10. The molecule has 3 nitrogen and oxygen atoms in total. The molecule has 4 rings (SSSR count). The number of fused-ring (bicyclic) bond motifs is 2. The molecule has 4 heteroatoms. The van der Waals surface area contributed by atoms with Crippen molar-refractivity contribution < 1.29 is 9.84 Å². The molecule has 0 unspecified atom stereocenters. The summed E-state index contributed by atoms with van der Waals surface area (Å²) in [5, 5.41) is 14.2. The van der Waals surface area contributed by atoms with Gasteiger partial charge in [0, 0.05) is 16.1 Å². The third-order valence-electron chi connectivity index (χ3n) is 4.50. The smallest absolute Gasteiger partial charge is 0.165 e. The second-order valence-corrected chi connectivity index (χ2v) is 6.55. The quantitative estimate of drug-likeness (QED) is 0.830. The van der Waals surface area contributed by atoms with Crippen LogP contribution in [0.3, 0.4) is 0 Å². The highest BCUT2D eigenvalue weighted by Gasteiger charge is 2.32. The van der Waals surface area contributed by atoms with E-state index >= 15 is 0 Å². The Hall–Kier alpha value is -1.52. The number of rotatable bonds is 1. The van der Waals surface area contributed by atoms with Crippen molar-refractivity contribution in [1.82, 2.24) is 5.32 Å². The normalized spacial score (nSPS) is 18.9. The topological polar surface area (TPSA) is 41.5 Å². The molecule has 0 spiro atoms. The molecule has 0 fully saturated rings. The van der Waals surface area contributed by atoms with Crippen LogP contribution in [0.5, 0.6) is 11.5 Å². The number of hydrogen-bond acceptors (Lipinski definition) is 3. The van der Waals surface area contributed by atoms with Crippen molar-refractivity contribution >= 4 is 15.9 Å². The molecule has 1 atom stereocenters. The first-order chi connectivity index (χ1) is 10.2. The Labute approximate surface area is 132 Å². The Balaban J connectivity index is 2.05. The predicted molar refractivity (Wildman–Crippen MR) is 85.9 cm³/mol. The van der Waals surface area contributed by atoms with Gasteiger partial charge >= 0.3 is 0 Å². The van der Waals surface area contributed by atoms with Gasteiger partial charge < -0.3 is 15.2 Å². The molecule has 2 aromatic rings. The summed E-state index contributed by atoms with van der Waals surface area (Å²) in [4.78, 5) is 0. The molecular weight excluding hydrogens is 330 g/mol. The highest BCUT2D eigenvalue weighted by Crippen LogP contribution is 2.49. The van der Waals surface area contributed by atoms with Gasteiger partial charge in [0.25, 0.3) is 0 Å². The Morgan fingerprint density at radius 2 is 2.14 bits per heavy atom. The lowest BCUT2D eigenvalue weighted by Crippen LogP contribution is -2.33. The van der Waals surface area contributed by atoms with E-state index in [1.165, 1.54) is 16.7 Å². The Kier molecular flexibility index (Phi) is 2.98. The highest BCUT2D eigenvalue weighted by atomic mass is 79.9. The van der Waals surface area contributed by atoms with Gasteiger partial charge in [0.2, 0.25) is 0 Å². The van der Waals surface area contributed by atoms with Crippen LogP contribution < -0.4 is 10.1 Å². The maximum Gasteiger partial charge on any atom is 0.165 e. The summed E-state index contributed by atoms with van der Waals surface area (Å²) in [5.74, 6) is 0.781. The summed E-state index contributed by atoms with van der Waals surface area (Å²) in [6.45, 7) is 1.00. The maximum absolute atomic E-state index is 10.6. The van der Waals surface area contributed by atoms with Crippen molar-refractivity contribution in [3.05, 3.63) is 45.4 Å². The summed E-state index contributed by atoms with van der Waals surface area (Å²) < 4.78 is 6.34. The average molecular weight is 346 g/mol. The number of methoxy groups -OCH3 is 1. The zero-order chi connectivity index (χ0) is 14.6. The second-order valence-electron chi connectivity index (χ2n) is 5.64. The number of benzene rings is 2.